The first-order valence-electron chi connectivity index (χ1n) is 9.80. The minimum atomic E-state index is -0.267. The highest BCUT2D eigenvalue weighted by Crippen LogP contribution is 2.29. The fourth-order valence-corrected chi connectivity index (χ4v) is 4.01. The van der Waals surface area contributed by atoms with E-state index in [9.17, 15) is 9.18 Å². The predicted molar refractivity (Wildman–Crippen MR) is 124 cm³/mol. The van der Waals surface area contributed by atoms with E-state index in [4.69, 9.17) is 4.74 Å². The SMILES string of the molecule is Cc1cc(C)cc(N=C2NC(=O)/C(=C\c3ccc(OCc4ccc(F)cc4)cc3)S2)c1. The van der Waals surface area contributed by atoms with Crippen molar-refractivity contribution in [2.75, 3.05) is 0 Å². The lowest BCUT2D eigenvalue weighted by molar-refractivity contribution is -0.115. The number of rotatable bonds is 5. The largest absolute Gasteiger partial charge is 0.489 e. The predicted octanol–water partition coefficient (Wildman–Crippen LogP) is 5.91. The van der Waals surface area contributed by atoms with Crippen molar-refractivity contribution in [2.45, 2.75) is 20.5 Å². The molecule has 1 amide bonds. The van der Waals surface area contributed by atoms with Gasteiger partial charge in [-0.2, -0.15) is 0 Å². The summed E-state index contributed by atoms with van der Waals surface area (Å²) in [5.41, 5.74) is 4.86. The third kappa shape index (κ3) is 5.61. The van der Waals surface area contributed by atoms with Gasteiger partial charge in [0.15, 0.2) is 5.17 Å². The van der Waals surface area contributed by atoms with E-state index in [2.05, 4.69) is 16.4 Å². The van der Waals surface area contributed by atoms with E-state index in [1.165, 1.54) is 23.9 Å². The highest BCUT2D eigenvalue weighted by molar-refractivity contribution is 8.18. The molecule has 6 heteroatoms. The Labute approximate surface area is 184 Å². The lowest BCUT2D eigenvalue weighted by atomic mass is 10.1. The molecule has 1 aliphatic rings. The standard InChI is InChI=1S/C25H21FN2O2S/c1-16-11-17(2)13-21(12-16)27-25-28-24(29)23(31-25)14-18-5-9-22(10-6-18)30-15-19-3-7-20(26)8-4-19/h3-14H,15H2,1-2H3,(H,27,28,29)/b23-14+. The van der Waals surface area contributed by atoms with Crippen LogP contribution in [0.4, 0.5) is 10.1 Å². The summed E-state index contributed by atoms with van der Waals surface area (Å²) in [6, 6.07) is 19.7. The van der Waals surface area contributed by atoms with Gasteiger partial charge in [-0.1, -0.05) is 30.3 Å². The van der Waals surface area contributed by atoms with Gasteiger partial charge >= 0.3 is 0 Å². The molecule has 0 radical (unpaired) electrons. The second kappa shape index (κ2) is 9.18. The van der Waals surface area contributed by atoms with Crippen LogP contribution in [0.1, 0.15) is 22.3 Å². The second-order valence-corrected chi connectivity index (χ2v) is 8.34. The summed E-state index contributed by atoms with van der Waals surface area (Å²) in [6.45, 7) is 4.40. The Morgan fingerprint density at radius 2 is 1.68 bits per heavy atom. The molecule has 3 aromatic rings. The fraction of sp³-hybridized carbons (Fsp3) is 0.120. The molecule has 4 rings (SSSR count). The summed E-state index contributed by atoms with van der Waals surface area (Å²) >= 11 is 1.32. The zero-order valence-electron chi connectivity index (χ0n) is 17.2. The maximum atomic E-state index is 13.0. The van der Waals surface area contributed by atoms with Crippen molar-refractivity contribution in [1.82, 2.24) is 5.32 Å². The summed E-state index contributed by atoms with van der Waals surface area (Å²) < 4.78 is 18.7. The van der Waals surface area contributed by atoms with Gasteiger partial charge in [0, 0.05) is 0 Å². The molecule has 3 aromatic carbocycles. The Morgan fingerprint density at radius 1 is 1.00 bits per heavy atom. The average Bonchev–Trinajstić information content (AvgIpc) is 3.06. The molecular formula is C25H21FN2O2S. The van der Waals surface area contributed by atoms with Crippen molar-refractivity contribution in [2.24, 2.45) is 4.99 Å². The highest BCUT2D eigenvalue weighted by atomic mass is 32.2. The van der Waals surface area contributed by atoms with Crippen LogP contribution in [0.5, 0.6) is 5.75 Å². The fourth-order valence-electron chi connectivity index (χ4n) is 3.17. The number of hydrogen-bond acceptors (Lipinski definition) is 4. The number of halogens is 1. The van der Waals surface area contributed by atoms with Gasteiger partial charge in [0.25, 0.3) is 5.91 Å². The van der Waals surface area contributed by atoms with Crippen molar-refractivity contribution >= 4 is 34.6 Å². The quantitative estimate of drug-likeness (QED) is 0.510. The van der Waals surface area contributed by atoms with Crippen LogP contribution in [0, 0.1) is 19.7 Å². The van der Waals surface area contributed by atoms with E-state index in [0.29, 0.717) is 22.4 Å². The van der Waals surface area contributed by atoms with Gasteiger partial charge in [-0.3, -0.25) is 4.79 Å². The molecule has 0 bridgehead atoms. The summed E-state index contributed by atoms with van der Waals surface area (Å²) in [5.74, 6) is 0.272. The van der Waals surface area contributed by atoms with Crippen LogP contribution >= 0.6 is 11.8 Å². The number of carbonyl (C=O) groups excluding carboxylic acids is 1. The number of nitrogens with zero attached hydrogens (tertiary/aromatic N) is 1. The molecule has 1 fully saturated rings. The van der Waals surface area contributed by atoms with E-state index in [-0.39, 0.29) is 11.7 Å². The molecule has 1 heterocycles. The molecule has 156 valence electrons. The van der Waals surface area contributed by atoms with Crippen LogP contribution in [0.25, 0.3) is 6.08 Å². The third-order valence-electron chi connectivity index (χ3n) is 4.58. The van der Waals surface area contributed by atoms with Crippen LogP contribution in [0.15, 0.2) is 76.6 Å². The number of aliphatic imine (C=N–C) groups is 1. The van der Waals surface area contributed by atoms with Gasteiger partial charge in [-0.15, -0.1) is 0 Å². The average molecular weight is 433 g/mol. The topological polar surface area (TPSA) is 50.7 Å². The van der Waals surface area contributed by atoms with Crippen LogP contribution < -0.4 is 10.1 Å². The van der Waals surface area contributed by atoms with Crippen LogP contribution in [0.3, 0.4) is 0 Å². The molecule has 1 saturated heterocycles. The van der Waals surface area contributed by atoms with Crippen molar-refractivity contribution in [3.63, 3.8) is 0 Å². The molecule has 0 aromatic heterocycles. The first-order valence-corrected chi connectivity index (χ1v) is 10.6. The van der Waals surface area contributed by atoms with Crippen molar-refractivity contribution < 1.29 is 13.9 Å². The van der Waals surface area contributed by atoms with Crippen molar-refractivity contribution in [3.8, 4) is 5.75 Å². The third-order valence-corrected chi connectivity index (χ3v) is 5.49. The molecule has 1 N–H and O–H groups in total. The Morgan fingerprint density at radius 3 is 2.35 bits per heavy atom. The number of amides is 1. The minimum absolute atomic E-state index is 0.162. The zero-order valence-corrected chi connectivity index (χ0v) is 18.0. The number of thioether (sulfide) groups is 1. The summed E-state index contributed by atoms with van der Waals surface area (Å²) in [5, 5.41) is 3.39. The van der Waals surface area contributed by atoms with E-state index in [1.807, 2.05) is 56.3 Å². The number of carbonyl (C=O) groups is 1. The van der Waals surface area contributed by atoms with Crippen LogP contribution in [-0.2, 0) is 11.4 Å². The van der Waals surface area contributed by atoms with E-state index in [0.717, 1.165) is 27.9 Å². The van der Waals surface area contributed by atoms with Gasteiger partial charge in [-0.25, -0.2) is 9.38 Å². The van der Waals surface area contributed by atoms with Gasteiger partial charge in [0.05, 0.1) is 10.6 Å². The number of amidine groups is 1. The highest BCUT2D eigenvalue weighted by Gasteiger charge is 2.23. The van der Waals surface area contributed by atoms with Gasteiger partial charge in [-0.05, 0) is 90.3 Å². The Bertz CT molecular complexity index is 1150. The van der Waals surface area contributed by atoms with E-state index >= 15 is 0 Å². The number of aryl methyl sites for hydroxylation is 2. The smallest absolute Gasteiger partial charge is 0.264 e. The molecule has 0 aliphatic carbocycles. The van der Waals surface area contributed by atoms with Crippen LogP contribution in [0.2, 0.25) is 0 Å². The van der Waals surface area contributed by atoms with E-state index < -0.39 is 0 Å². The first kappa shape index (κ1) is 20.9. The number of hydrogen-bond donors (Lipinski definition) is 1. The number of benzene rings is 3. The summed E-state index contributed by atoms with van der Waals surface area (Å²) in [6.07, 6.45) is 1.83. The molecule has 4 nitrogen and oxygen atoms in total. The lowest BCUT2D eigenvalue weighted by Crippen LogP contribution is -2.19. The van der Waals surface area contributed by atoms with E-state index in [1.54, 1.807) is 12.1 Å². The normalized spacial score (nSPS) is 16.0. The molecule has 0 unspecified atom stereocenters. The first-order chi connectivity index (χ1) is 14.9. The lowest BCUT2D eigenvalue weighted by Gasteiger charge is -2.06. The summed E-state index contributed by atoms with van der Waals surface area (Å²) in [4.78, 5) is 17.5. The van der Waals surface area contributed by atoms with Gasteiger partial charge in [0.2, 0.25) is 0 Å². The Kier molecular flexibility index (Phi) is 6.18. The zero-order chi connectivity index (χ0) is 21.8. The van der Waals surface area contributed by atoms with Gasteiger partial charge in [0.1, 0.15) is 18.2 Å². The molecule has 1 aliphatic heterocycles. The maximum absolute atomic E-state index is 13.0. The molecule has 0 saturated carbocycles. The molecular weight excluding hydrogens is 411 g/mol. The molecule has 0 atom stereocenters. The minimum Gasteiger partial charge on any atom is -0.489 e. The summed E-state index contributed by atoms with van der Waals surface area (Å²) in [7, 11) is 0. The Balaban J connectivity index is 1.41. The van der Waals surface area contributed by atoms with Crippen LogP contribution in [-0.4, -0.2) is 11.1 Å². The maximum Gasteiger partial charge on any atom is 0.264 e. The molecule has 0 spiro atoms. The monoisotopic (exact) mass is 432 g/mol. The van der Waals surface area contributed by atoms with Gasteiger partial charge < -0.3 is 10.1 Å². The second-order valence-electron chi connectivity index (χ2n) is 7.31. The molecule has 31 heavy (non-hydrogen) atoms. The Hall–Kier alpha value is -3.38. The van der Waals surface area contributed by atoms with Crippen molar-refractivity contribution in [3.05, 3.63) is 99.7 Å². The van der Waals surface area contributed by atoms with Crippen molar-refractivity contribution in [1.29, 1.82) is 0 Å². The number of nitrogens with one attached hydrogen (secondary N) is 1. The number of ether oxygens (including phenoxy) is 1.